The molecule has 1 aliphatic heterocycles. The van der Waals surface area contributed by atoms with Crippen LogP contribution in [0.4, 0.5) is 0 Å². The van der Waals surface area contributed by atoms with E-state index in [9.17, 15) is 8.42 Å². The summed E-state index contributed by atoms with van der Waals surface area (Å²) in [5.41, 5.74) is 2.72. The molecule has 0 bridgehead atoms. The van der Waals surface area contributed by atoms with Gasteiger partial charge in [0.2, 0.25) is 10.0 Å². The average Bonchev–Trinajstić information content (AvgIpc) is 3.38. The second-order valence-electron chi connectivity index (χ2n) is 5.90. The average molecular weight is 344 g/mol. The number of rotatable bonds is 6. The van der Waals surface area contributed by atoms with Crippen molar-refractivity contribution in [1.82, 2.24) is 4.31 Å². The number of oxime groups is 1. The third-order valence-electron chi connectivity index (χ3n) is 3.96. The molecule has 0 N–H and O–H groups in total. The van der Waals surface area contributed by atoms with Crippen LogP contribution in [-0.4, -0.2) is 31.0 Å². The fourth-order valence-electron chi connectivity index (χ4n) is 2.42. The number of sulfonamides is 1. The lowest BCUT2D eigenvalue weighted by Gasteiger charge is -2.07. The highest BCUT2D eigenvalue weighted by Gasteiger charge is 2.46. The molecule has 0 radical (unpaired) electrons. The molecule has 2 aromatic rings. The lowest BCUT2D eigenvalue weighted by Crippen LogP contribution is -2.18. The Kier molecular flexibility index (Phi) is 4.69. The third-order valence-corrected chi connectivity index (χ3v) is 5.85. The standard InChI is InChI=1S/C18H20N2O3S/c1-14-8-10-17(11-9-14)24(21,22)20-12-18(20)15(2)19-23-13-16-6-4-3-5-7-16/h3-11,18H,12-13H2,1-2H3/b19-15+. The molecule has 24 heavy (non-hydrogen) atoms. The number of aryl methyl sites for hydroxylation is 1. The van der Waals surface area contributed by atoms with Gasteiger partial charge in [0, 0.05) is 6.54 Å². The Morgan fingerprint density at radius 2 is 1.83 bits per heavy atom. The maximum Gasteiger partial charge on any atom is 0.243 e. The van der Waals surface area contributed by atoms with E-state index < -0.39 is 10.0 Å². The molecule has 0 spiro atoms. The Balaban J connectivity index is 1.61. The Labute approximate surface area is 142 Å². The third kappa shape index (κ3) is 3.66. The summed E-state index contributed by atoms with van der Waals surface area (Å²) in [6, 6.07) is 16.4. The zero-order chi connectivity index (χ0) is 17.2. The minimum absolute atomic E-state index is 0.216. The number of nitrogens with zero attached hydrogens (tertiary/aromatic N) is 2. The summed E-state index contributed by atoms with van der Waals surface area (Å²) in [4.78, 5) is 5.65. The van der Waals surface area contributed by atoms with Gasteiger partial charge in [0.25, 0.3) is 0 Å². The van der Waals surface area contributed by atoms with Crippen LogP contribution in [0.2, 0.25) is 0 Å². The van der Waals surface area contributed by atoms with Crippen molar-refractivity contribution in [2.24, 2.45) is 5.16 Å². The second-order valence-corrected chi connectivity index (χ2v) is 7.79. The molecule has 2 unspecified atom stereocenters. The van der Waals surface area contributed by atoms with Gasteiger partial charge in [-0.1, -0.05) is 53.2 Å². The van der Waals surface area contributed by atoms with Gasteiger partial charge >= 0.3 is 0 Å². The van der Waals surface area contributed by atoms with Crippen molar-refractivity contribution in [3.8, 4) is 0 Å². The summed E-state index contributed by atoms with van der Waals surface area (Å²) in [7, 11) is -3.46. The van der Waals surface area contributed by atoms with Crippen molar-refractivity contribution < 1.29 is 13.3 Å². The number of benzene rings is 2. The van der Waals surface area contributed by atoms with E-state index >= 15 is 0 Å². The molecule has 0 aliphatic carbocycles. The summed E-state index contributed by atoms with van der Waals surface area (Å²) in [6.45, 7) is 4.54. The van der Waals surface area contributed by atoms with E-state index in [4.69, 9.17) is 4.84 Å². The van der Waals surface area contributed by atoms with Gasteiger partial charge in [-0.2, -0.15) is 4.31 Å². The van der Waals surface area contributed by atoms with Crippen LogP contribution in [0, 0.1) is 6.92 Å². The Morgan fingerprint density at radius 1 is 1.17 bits per heavy atom. The molecule has 3 rings (SSSR count). The number of hydrogen-bond acceptors (Lipinski definition) is 4. The quantitative estimate of drug-likeness (QED) is 0.460. The number of hydrogen-bond donors (Lipinski definition) is 0. The lowest BCUT2D eigenvalue weighted by molar-refractivity contribution is 0.129. The van der Waals surface area contributed by atoms with Gasteiger partial charge in [0.05, 0.1) is 16.6 Å². The maximum atomic E-state index is 12.5. The van der Waals surface area contributed by atoms with Crippen molar-refractivity contribution >= 4 is 15.7 Å². The Morgan fingerprint density at radius 3 is 2.50 bits per heavy atom. The zero-order valence-electron chi connectivity index (χ0n) is 13.7. The van der Waals surface area contributed by atoms with Gasteiger partial charge in [-0.15, -0.1) is 0 Å². The first-order valence-electron chi connectivity index (χ1n) is 7.77. The first-order chi connectivity index (χ1) is 11.5. The van der Waals surface area contributed by atoms with Crippen LogP contribution in [0.3, 0.4) is 0 Å². The molecule has 5 nitrogen and oxygen atoms in total. The second kappa shape index (κ2) is 6.75. The molecule has 0 saturated carbocycles. The zero-order valence-corrected chi connectivity index (χ0v) is 14.5. The van der Waals surface area contributed by atoms with Crippen molar-refractivity contribution in [3.63, 3.8) is 0 Å². The van der Waals surface area contributed by atoms with E-state index in [1.165, 1.54) is 4.31 Å². The van der Waals surface area contributed by atoms with Gasteiger partial charge in [-0.3, -0.25) is 0 Å². The predicted octanol–water partition coefficient (Wildman–Crippen LogP) is 2.96. The summed E-state index contributed by atoms with van der Waals surface area (Å²) in [5.74, 6) is 0. The normalized spacial score (nSPS) is 20.7. The van der Waals surface area contributed by atoms with E-state index in [1.54, 1.807) is 31.2 Å². The van der Waals surface area contributed by atoms with Crippen molar-refractivity contribution in [1.29, 1.82) is 0 Å². The molecule has 0 amide bonds. The lowest BCUT2D eigenvalue weighted by atomic mass is 10.2. The molecule has 0 aromatic heterocycles. The summed E-state index contributed by atoms with van der Waals surface area (Å²) >= 11 is 0. The Hall–Kier alpha value is -2.18. The monoisotopic (exact) mass is 344 g/mol. The van der Waals surface area contributed by atoms with E-state index in [0.717, 1.165) is 11.1 Å². The van der Waals surface area contributed by atoms with Gasteiger partial charge < -0.3 is 4.84 Å². The van der Waals surface area contributed by atoms with E-state index in [1.807, 2.05) is 37.3 Å². The fourth-order valence-corrected chi connectivity index (χ4v) is 3.99. The molecule has 1 saturated heterocycles. The van der Waals surface area contributed by atoms with Crippen LogP contribution < -0.4 is 0 Å². The Bertz CT molecular complexity index is 830. The first-order valence-corrected chi connectivity index (χ1v) is 9.21. The minimum Gasteiger partial charge on any atom is -0.391 e. The summed E-state index contributed by atoms with van der Waals surface area (Å²) in [6.07, 6.45) is 0. The first kappa shape index (κ1) is 16.7. The van der Waals surface area contributed by atoms with Crippen LogP contribution in [0.1, 0.15) is 18.1 Å². The molecule has 2 atom stereocenters. The molecule has 1 aliphatic rings. The molecule has 126 valence electrons. The van der Waals surface area contributed by atoms with Crippen LogP contribution in [0.25, 0.3) is 0 Å². The topological polar surface area (TPSA) is 58.7 Å². The van der Waals surface area contributed by atoms with Crippen molar-refractivity contribution in [2.45, 2.75) is 31.4 Å². The van der Waals surface area contributed by atoms with Gasteiger partial charge in [0.15, 0.2) is 0 Å². The highest BCUT2D eigenvalue weighted by atomic mass is 32.2. The van der Waals surface area contributed by atoms with E-state index in [-0.39, 0.29) is 6.04 Å². The smallest absolute Gasteiger partial charge is 0.243 e. The maximum absolute atomic E-state index is 12.5. The van der Waals surface area contributed by atoms with Crippen LogP contribution in [0.15, 0.2) is 64.6 Å². The van der Waals surface area contributed by atoms with Crippen LogP contribution >= 0.6 is 0 Å². The predicted molar refractivity (Wildman–Crippen MR) is 93.2 cm³/mol. The summed E-state index contributed by atoms with van der Waals surface area (Å²) < 4.78 is 26.5. The largest absolute Gasteiger partial charge is 0.391 e. The molecule has 1 heterocycles. The SMILES string of the molecule is C/C(=N\OCc1ccccc1)C1CN1S(=O)(=O)c1ccc(C)cc1. The van der Waals surface area contributed by atoms with Crippen molar-refractivity contribution in [3.05, 3.63) is 65.7 Å². The fraction of sp³-hybridized carbons (Fsp3) is 0.278. The highest BCUT2D eigenvalue weighted by molar-refractivity contribution is 7.89. The molecule has 6 heteroatoms. The molecular formula is C18H20N2O3S. The van der Waals surface area contributed by atoms with Crippen LogP contribution in [0.5, 0.6) is 0 Å². The minimum atomic E-state index is -3.46. The van der Waals surface area contributed by atoms with Crippen LogP contribution in [-0.2, 0) is 21.5 Å². The van der Waals surface area contributed by atoms with E-state index in [0.29, 0.717) is 23.8 Å². The van der Waals surface area contributed by atoms with E-state index in [2.05, 4.69) is 5.16 Å². The van der Waals surface area contributed by atoms with Gasteiger partial charge in [-0.05, 0) is 31.5 Å². The van der Waals surface area contributed by atoms with Gasteiger partial charge in [-0.25, -0.2) is 8.42 Å². The molecular weight excluding hydrogens is 324 g/mol. The summed E-state index contributed by atoms with van der Waals surface area (Å²) in [5, 5.41) is 4.06. The van der Waals surface area contributed by atoms with Gasteiger partial charge in [0.1, 0.15) is 6.61 Å². The highest BCUT2D eigenvalue weighted by Crippen LogP contribution is 2.29. The molecule has 1 fully saturated rings. The molecule has 2 aromatic carbocycles. The van der Waals surface area contributed by atoms with Crippen molar-refractivity contribution in [2.75, 3.05) is 6.54 Å².